The first-order valence-electron chi connectivity index (χ1n) is 10.4. The Kier molecular flexibility index (Phi) is 8.06. The van der Waals surface area contributed by atoms with E-state index >= 15 is 0 Å². The summed E-state index contributed by atoms with van der Waals surface area (Å²) in [4.78, 5) is 17.3. The van der Waals surface area contributed by atoms with Gasteiger partial charge in [0.1, 0.15) is 11.5 Å². The average molecular weight is 490 g/mol. The molecule has 0 saturated heterocycles. The van der Waals surface area contributed by atoms with Gasteiger partial charge in [0.05, 0.1) is 24.8 Å². The number of nitrogens with zero attached hydrogens (tertiary/aromatic N) is 2. The van der Waals surface area contributed by atoms with Crippen LogP contribution in [-0.4, -0.2) is 51.4 Å². The molecule has 1 amide bonds. The molecule has 3 rings (SSSR count). The monoisotopic (exact) mass is 489 g/mol. The van der Waals surface area contributed by atoms with Gasteiger partial charge in [-0.1, -0.05) is 13.3 Å². The van der Waals surface area contributed by atoms with Crippen LogP contribution in [0.1, 0.15) is 30.1 Å². The van der Waals surface area contributed by atoms with E-state index in [4.69, 9.17) is 9.47 Å². The molecule has 176 valence electrons. The highest BCUT2D eigenvalue weighted by Gasteiger charge is 2.21. The topological polar surface area (TPSA) is 97.8 Å². The fraction of sp³-hybridized carbons (Fsp3) is 0.304. The molecule has 0 spiro atoms. The van der Waals surface area contributed by atoms with Gasteiger partial charge < -0.3 is 9.47 Å². The number of carbonyl (C=O) groups is 1. The van der Waals surface area contributed by atoms with Crippen LogP contribution in [0.25, 0.3) is 11.3 Å². The lowest BCUT2D eigenvalue weighted by molar-refractivity contribution is 0.102. The Bertz CT molecular complexity index is 1210. The van der Waals surface area contributed by atoms with E-state index in [0.717, 1.165) is 18.4 Å². The van der Waals surface area contributed by atoms with Crippen molar-refractivity contribution in [2.45, 2.75) is 24.7 Å². The lowest BCUT2D eigenvalue weighted by atomic mass is 10.1. The lowest BCUT2D eigenvalue weighted by Gasteiger charge is -2.16. The van der Waals surface area contributed by atoms with E-state index in [1.165, 1.54) is 39.9 Å². The van der Waals surface area contributed by atoms with E-state index in [1.807, 2.05) is 24.4 Å². The van der Waals surface area contributed by atoms with Crippen LogP contribution in [0.2, 0.25) is 0 Å². The van der Waals surface area contributed by atoms with Crippen LogP contribution in [0.5, 0.6) is 11.5 Å². The minimum absolute atomic E-state index is 0.154. The summed E-state index contributed by atoms with van der Waals surface area (Å²) >= 11 is 1.28. The number of rotatable bonds is 10. The molecule has 33 heavy (non-hydrogen) atoms. The van der Waals surface area contributed by atoms with Crippen molar-refractivity contribution < 1.29 is 22.7 Å². The number of methoxy groups -OCH3 is 2. The van der Waals surface area contributed by atoms with Gasteiger partial charge in [0.25, 0.3) is 5.91 Å². The van der Waals surface area contributed by atoms with Crippen molar-refractivity contribution in [3.8, 4) is 22.8 Å². The third kappa shape index (κ3) is 5.70. The molecule has 0 aliphatic heterocycles. The molecule has 0 radical (unpaired) electrons. The van der Waals surface area contributed by atoms with Crippen molar-refractivity contribution in [1.82, 2.24) is 9.29 Å². The molecular formula is C23H27N3O5S2. The number of unbranched alkanes of at least 4 members (excludes halogenated alkanes) is 1. The van der Waals surface area contributed by atoms with E-state index < -0.39 is 10.0 Å². The summed E-state index contributed by atoms with van der Waals surface area (Å²) in [7, 11) is 1.13. The zero-order valence-electron chi connectivity index (χ0n) is 19.0. The van der Waals surface area contributed by atoms with Crippen LogP contribution >= 0.6 is 11.3 Å². The Morgan fingerprint density at radius 2 is 1.85 bits per heavy atom. The van der Waals surface area contributed by atoms with E-state index in [0.29, 0.717) is 34.4 Å². The maximum atomic E-state index is 12.7. The predicted molar refractivity (Wildman–Crippen MR) is 130 cm³/mol. The number of thiazole rings is 1. The fourth-order valence-electron chi connectivity index (χ4n) is 3.09. The highest BCUT2D eigenvalue weighted by Crippen LogP contribution is 2.35. The molecule has 0 fully saturated rings. The van der Waals surface area contributed by atoms with Crippen molar-refractivity contribution in [3.63, 3.8) is 0 Å². The van der Waals surface area contributed by atoms with Crippen LogP contribution < -0.4 is 14.8 Å². The van der Waals surface area contributed by atoms with E-state index in [-0.39, 0.29) is 10.8 Å². The number of hydrogen-bond donors (Lipinski definition) is 1. The maximum Gasteiger partial charge on any atom is 0.257 e. The first kappa shape index (κ1) is 24.7. The molecule has 1 aromatic heterocycles. The number of carbonyl (C=O) groups excluding carboxylic acids is 1. The normalized spacial score (nSPS) is 11.4. The van der Waals surface area contributed by atoms with Gasteiger partial charge >= 0.3 is 0 Å². The molecule has 3 aromatic rings. The number of anilines is 1. The molecule has 0 unspecified atom stereocenters. The van der Waals surface area contributed by atoms with Gasteiger partial charge in [-0.2, -0.15) is 0 Å². The van der Waals surface area contributed by atoms with Crippen molar-refractivity contribution >= 4 is 32.4 Å². The summed E-state index contributed by atoms with van der Waals surface area (Å²) in [6, 6.07) is 11.3. The number of nitrogens with one attached hydrogen (secondary N) is 1. The van der Waals surface area contributed by atoms with Gasteiger partial charge in [-0.25, -0.2) is 17.7 Å². The zero-order valence-corrected chi connectivity index (χ0v) is 20.6. The third-order valence-electron chi connectivity index (χ3n) is 5.06. The minimum Gasteiger partial charge on any atom is -0.497 e. The number of sulfonamides is 1. The molecule has 0 atom stereocenters. The van der Waals surface area contributed by atoms with Crippen molar-refractivity contribution in [2.75, 3.05) is 33.1 Å². The summed E-state index contributed by atoms with van der Waals surface area (Å²) < 4.78 is 37.3. The van der Waals surface area contributed by atoms with Gasteiger partial charge in [0.15, 0.2) is 5.13 Å². The lowest BCUT2D eigenvalue weighted by Crippen LogP contribution is -2.28. The Hall–Kier alpha value is -2.95. The summed E-state index contributed by atoms with van der Waals surface area (Å²) in [6.45, 7) is 2.46. The largest absolute Gasteiger partial charge is 0.497 e. The van der Waals surface area contributed by atoms with Crippen LogP contribution in [0, 0.1) is 0 Å². The van der Waals surface area contributed by atoms with E-state index in [9.17, 15) is 13.2 Å². The quantitative estimate of drug-likeness (QED) is 0.450. The number of amides is 1. The van der Waals surface area contributed by atoms with Crippen LogP contribution in [0.15, 0.2) is 52.7 Å². The van der Waals surface area contributed by atoms with Crippen molar-refractivity contribution in [3.05, 3.63) is 53.4 Å². The molecule has 1 heterocycles. The van der Waals surface area contributed by atoms with E-state index in [1.54, 1.807) is 27.3 Å². The minimum atomic E-state index is -3.58. The average Bonchev–Trinajstić information content (AvgIpc) is 3.30. The summed E-state index contributed by atoms with van der Waals surface area (Å²) in [5, 5.41) is 5.00. The Morgan fingerprint density at radius 1 is 1.12 bits per heavy atom. The van der Waals surface area contributed by atoms with Crippen LogP contribution in [0.4, 0.5) is 5.13 Å². The highest BCUT2D eigenvalue weighted by atomic mass is 32.2. The van der Waals surface area contributed by atoms with Crippen molar-refractivity contribution in [1.29, 1.82) is 0 Å². The fourth-order valence-corrected chi connectivity index (χ4v) is 5.01. The molecule has 8 nitrogen and oxygen atoms in total. The standard InChI is InChI=1S/C23H27N3O5S2/c1-5-6-13-26(2)33(28,29)18-10-7-16(8-11-18)22(27)25-23-24-20(15-32-23)19-12-9-17(30-3)14-21(19)31-4/h7-12,14-15H,5-6,13H2,1-4H3,(H,24,25,27). The SMILES string of the molecule is CCCCN(C)S(=O)(=O)c1ccc(C(=O)Nc2nc(-c3ccc(OC)cc3OC)cs2)cc1. The second-order valence-corrected chi connectivity index (χ2v) is 10.2. The third-order valence-corrected chi connectivity index (χ3v) is 7.69. The van der Waals surface area contributed by atoms with Gasteiger partial charge in [-0.05, 0) is 42.8 Å². The Labute approximate surface area is 198 Å². The molecule has 0 saturated carbocycles. The number of aromatic nitrogens is 1. The van der Waals surface area contributed by atoms with Gasteiger partial charge in [-0.3, -0.25) is 10.1 Å². The van der Waals surface area contributed by atoms with Gasteiger partial charge in [0, 0.05) is 36.2 Å². The van der Waals surface area contributed by atoms with E-state index in [2.05, 4.69) is 10.3 Å². The molecule has 0 aliphatic rings. The Balaban J connectivity index is 1.72. The summed E-state index contributed by atoms with van der Waals surface area (Å²) in [5.74, 6) is 0.903. The number of ether oxygens (including phenoxy) is 2. The number of benzene rings is 2. The second kappa shape index (κ2) is 10.8. The second-order valence-electron chi connectivity index (χ2n) is 7.26. The smallest absolute Gasteiger partial charge is 0.257 e. The Morgan fingerprint density at radius 3 is 2.48 bits per heavy atom. The highest BCUT2D eigenvalue weighted by molar-refractivity contribution is 7.89. The molecule has 1 N–H and O–H groups in total. The summed E-state index contributed by atoms with van der Waals surface area (Å²) in [6.07, 6.45) is 1.69. The zero-order chi connectivity index (χ0) is 24.0. The van der Waals surface area contributed by atoms with Gasteiger partial charge in [0.2, 0.25) is 10.0 Å². The van der Waals surface area contributed by atoms with Crippen molar-refractivity contribution in [2.24, 2.45) is 0 Å². The molecule has 2 aromatic carbocycles. The predicted octanol–water partition coefficient (Wildman–Crippen LogP) is 4.50. The molecule has 0 aliphatic carbocycles. The van der Waals surface area contributed by atoms with Gasteiger partial charge in [-0.15, -0.1) is 11.3 Å². The van der Waals surface area contributed by atoms with Crippen LogP contribution in [-0.2, 0) is 10.0 Å². The molecule has 0 bridgehead atoms. The first-order valence-corrected chi connectivity index (χ1v) is 12.7. The van der Waals surface area contributed by atoms with Crippen LogP contribution in [0.3, 0.4) is 0 Å². The maximum absolute atomic E-state index is 12.7. The molecular weight excluding hydrogens is 462 g/mol. The summed E-state index contributed by atoms with van der Waals surface area (Å²) in [5.41, 5.74) is 1.77. The number of hydrogen-bond acceptors (Lipinski definition) is 7. The first-order chi connectivity index (χ1) is 15.8. The molecule has 10 heteroatoms.